The summed E-state index contributed by atoms with van der Waals surface area (Å²) in [6.45, 7) is 19.7. The van der Waals surface area contributed by atoms with Gasteiger partial charge < -0.3 is 0 Å². The van der Waals surface area contributed by atoms with Crippen LogP contribution in [-0.4, -0.2) is 6.71 Å². The van der Waals surface area contributed by atoms with Gasteiger partial charge in [-0.3, -0.25) is 0 Å². The molecular formula is C12H27B. The molecule has 0 nitrogen and oxygen atoms in total. The van der Waals surface area contributed by atoms with Crippen molar-refractivity contribution in [3.8, 4) is 0 Å². The molecule has 0 atom stereocenters. The zero-order chi connectivity index (χ0) is 10.9. The van der Waals surface area contributed by atoms with E-state index in [4.69, 9.17) is 0 Å². The van der Waals surface area contributed by atoms with Gasteiger partial charge in [-0.25, -0.2) is 0 Å². The van der Waals surface area contributed by atoms with E-state index in [-0.39, 0.29) is 0 Å². The molecule has 0 rings (SSSR count). The Morgan fingerprint density at radius 3 is 1.62 bits per heavy atom. The highest BCUT2D eigenvalue weighted by atomic mass is 14.3. The van der Waals surface area contributed by atoms with E-state index in [1.54, 1.807) is 0 Å². The first-order chi connectivity index (χ1) is 5.56. The monoisotopic (exact) mass is 182 g/mol. The van der Waals surface area contributed by atoms with Crippen LogP contribution in [0.15, 0.2) is 0 Å². The fourth-order valence-corrected chi connectivity index (χ4v) is 2.43. The summed E-state index contributed by atoms with van der Waals surface area (Å²) in [4.78, 5) is 0. The average Bonchev–Trinajstić information content (AvgIpc) is 1.80. The first-order valence-corrected chi connectivity index (χ1v) is 5.56. The molecule has 0 radical (unpaired) electrons. The van der Waals surface area contributed by atoms with E-state index in [0.29, 0.717) is 10.7 Å². The van der Waals surface area contributed by atoms with Crippen molar-refractivity contribution in [2.24, 2.45) is 5.41 Å². The highest BCUT2D eigenvalue weighted by Crippen LogP contribution is 2.44. The third kappa shape index (κ3) is 4.74. The minimum absolute atomic E-state index is 0.451. The lowest BCUT2D eigenvalue weighted by molar-refractivity contribution is 0.324. The highest BCUT2D eigenvalue weighted by Gasteiger charge is 2.34. The molecule has 0 spiro atoms. The van der Waals surface area contributed by atoms with Gasteiger partial charge in [-0.2, -0.15) is 0 Å². The van der Waals surface area contributed by atoms with Crippen molar-refractivity contribution in [3.63, 3.8) is 0 Å². The standard InChI is InChI=1S/C12H27B/c1-10(2)13(8)12(6,7)9-11(3,4)5/h10H,9H2,1-8H3. The number of hydrogen-bond acceptors (Lipinski definition) is 0. The van der Waals surface area contributed by atoms with Crippen molar-refractivity contribution in [2.75, 3.05) is 0 Å². The van der Waals surface area contributed by atoms with E-state index in [1.165, 1.54) is 6.42 Å². The summed E-state index contributed by atoms with van der Waals surface area (Å²) in [5, 5.41) is 0.465. The van der Waals surface area contributed by atoms with Gasteiger partial charge in [-0.15, -0.1) is 0 Å². The molecule has 0 saturated carbocycles. The van der Waals surface area contributed by atoms with Gasteiger partial charge in [-0.05, 0) is 11.8 Å². The lowest BCUT2D eigenvalue weighted by Gasteiger charge is -2.37. The quantitative estimate of drug-likeness (QED) is 0.553. The lowest BCUT2D eigenvalue weighted by atomic mass is 9.29. The first kappa shape index (κ1) is 13.1. The molecule has 0 N–H and O–H groups in total. The lowest BCUT2D eigenvalue weighted by Crippen LogP contribution is -2.31. The smallest absolute Gasteiger partial charge is 0.0855 e. The molecule has 0 fully saturated rings. The molecule has 0 amide bonds. The maximum atomic E-state index is 2.41. The second kappa shape index (κ2) is 4.06. The van der Waals surface area contributed by atoms with E-state index in [2.05, 4.69) is 55.3 Å². The Morgan fingerprint density at radius 2 is 1.38 bits per heavy atom. The molecule has 0 aromatic carbocycles. The molecule has 0 aromatic heterocycles. The molecule has 78 valence electrons. The first-order valence-electron chi connectivity index (χ1n) is 5.56. The fourth-order valence-electron chi connectivity index (χ4n) is 2.43. The normalized spacial score (nSPS) is 13.6. The Bertz CT molecular complexity index is 151. The SMILES string of the molecule is CB(C(C)C)C(C)(C)CC(C)(C)C. The van der Waals surface area contributed by atoms with Gasteiger partial charge in [0.25, 0.3) is 0 Å². The topological polar surface area (TPSA) is 0 Å². The third-order valence-electron chi connectivity index (χ3n) is 3.22. The summed E-state index contributed by atoms with van der Waals surface area (Å²) < 4.78 is 0. The van der Waals surface area contributed by atoms with Crippen LogP contribution in [0.4, 0.5) is 0 Å². The summed E-state index contributed by atoms with van der Waals surface area (Å²) in [7, 11) is 0. The van der Waals surface area contributed by atoms with Crippen LogP contribution >= 0.6 is 0 Å². The number of rotatable bonds is 3. The van der Waals surface area contributed by atoms with Gasteiger partial charge in [-0.1, -0.05) is 66.4 Å². The van der Waals surface area contributed by atoms with Gasteiger partial charge in [0.2, 0.25) is 0 Å². The van der Waals surface area contributed by atoms with E-state index in [0.717, 1.165) is 12.5 Å². The van der Waals surface area contributed by atoms with Gasteiger partial charge in [0, 0.05) is 0 Å². The molecule has 0 aliphatic carbocycles. The largest absolute Gasteiger partial charge is 0.145 e. The molecule has 0 unspecified atom stereocenters. The van der Waals surface area contributed by atoms with Gasteiger partial charge in [0.05, 0.1) is 0 Å². The van der Waals surface area contributed by atoms with Crippen LogP contribution in [0.5, 0.6) is 0 Å². The summed E-state index contributed by atoms with van der Waals surface area (Å²) in [6, 6.07) is 0. The third-order valence-corrected chi connectivity index (χ3v) is 3.22. The van der Waals surface area contributed by atoms with Crippen LogP contribution in [0, 0.1) is 5.41 Å². The van der Waals surface area contributed by atoms with Crippen LogP contribution < -0.4 is 0 Å². The molecule has 13 heavy (non-hydrogen) atoms. The van der Waals surface area contributed by atoms with Gasteiger partial charge in [0.1, 0.15) is 6.71 Å². The Balaban J connectivity index is 4.39. The van der Waals surface area contributed by atoms with E-state index in [9.17, 15) is 0 Å². The maximum Gasteiger partial charge on any atom is 0.145 e. The Hall–Kier alpha value is 0.0649. The maximum absolute atomic E-state index is 2.41. The average molecular weight is 182 g/mol. The predicted octanol–water partition coefficient (Wildman–Crippen LogP) is 4.74. The van der Waals surface area contributed by atoms with Crippen LogP contribution in [0.1, 0.15) is 54.9 Å². The predicted molar refractivity (Wildman–Crippen MR) is 64.8 cm³/mol. The van der Waals surface area contributed by atoms with Crippen molar-refractivity contribution >= 4 is 6.71 Å². The van der Waals surface area contributed by atoms with Crippen LogP contribution in [0.3, 0.4) is 0 Å². The summed E-state index contributed by atoms with van der Waals surface area (Å²) in [5.41, 5.74) is 0.451. The van der Waals surface area contributed by atoms with Crippen molar-refractivity contribution < 1.29 is 0 Å². The van der Waals surface area contributed by atoms with Crippen LogP contribution in [0.2, 0.25) is 18.0 Å². The van der Waals surface area contributed by atoms with E-state index >= 15 is 0 Å². The van der Waals surface area contributed by atoms with E-state index < -0.39 is 0 Å². The molecule has 0 aromatic rings. The second-order valence-electron chi connectivity index (χ2n) is 6.76. The van der Waals surface area contributed by atoms with Crippen molar-refractivity contribution in [2.45, 2.75) is 72.8 Å². The van der Waals surface area contributed by atoms with Crippen molar-refractivity contribution in [1.29, 1.82) is 0 Å². The Kier molecular flexibility index (Phi) is 4.08. The van der Waals surface area contributed by atoms with Crippen molar-refractivity contribution in [1.82, 2.24) is 0 Å². The molecular weight excluding hydrogens is 155 g/mol. The molecule has 0 saturated heterocycles. The van der Waals surface area contributed by atoms with Crippen LogP contribution in [-0.2, 0) is 0 Å². The Morgan fingerprint density at radius 1 is 1.00 bits per heavy atom. The molecule has 0 aliphatic heterocycles. The summed E-state index contributed by atoms with van der Waals surface area (Å²) in [6.07, 6.45) is 1.30. The van der Waals surface area contributed by atoms with Crippen LogP contribution in [0.25, 0.3) is 0 Å². The number of hydrogen-bond donors (Lipinski definition) is 0. The Labute approximate surface area is 85.6 Å². The minimum atomic E-state index is 0.451. The summed E-state index contributed by atoms with van der Waals surface area (Å²) >= 11 is 0. The molecule has 1 heteroatoms. The summed E-state index contributed by atoms with van der Waals surface area (Å²) in [5.74, 6) is 0.789. The van der Waals surface area contributed by atoms with Gasteiger partial charge >= 0.3 is 0 Å². The second-order valence-corrected chi connectivity index (χ2v) is 6.76. The molecule has 0 heterocycles. The minimum Gasteiger partial charge on any atom is -0.0855 e. The van der Waals surface area contributed by atoms with Crippen molar-refractivity contribution in [3.05, 3.63) is 0 Å². The zero-order valence-corrected chi connectivity index (χ0v) is 10.9. The van der Waals surface area contributed by atoms with Gasteiger partial charge in [0.15, 0.2) is 0 Å². The molecule has 0 bridgehead atoms. The molecule has 0 aliphatic rings. The fraction of sp³-hybridized carbons (Fsp3) is 1.00. The zero-order valence-electron chi connectivity index (χ0n) is 10.9. The highest BCUT2D eigenvalue weighted by molar-refractivity contribution is 6.62. The van der Waals surface area contributed by atoms with E-state index in [1.807, 2.05) is 0 Å².